The zero-order valence-electron chi connectivity index (χ0n) is 10.0. The van der Waals surface area contributed by atoms with E-state index in [1.807, 2.05) is 14.0 Å². The molecule has 0 saturated carbocycles. The molecule has 0 aromatic heterocycles. The maximum absolute atomic E-state index is 5.57. The summed E-state index contributed by atoms with van der Waals surface area (Å²) < 4.78 is 5.57. The van der Waals surface area contributed by atoms with Gasteiger partial charge in [0.2, 0.25) is 0 Å². The maximum atomic E-state index is 5.57. The summed E-state index contributed by atoms with van der Waals surface area (Å²) in [6.07, 6.45) is 3.29. The van der Waals surface area contributed by atoms with Gasteiger partial charge in [-0.05, 0) is 32.0 Å². The molecule has 0 bridgehead atoms. The van der Waals surface area contributed by atoms with Gasteiger partial charge < -0.3 is 15.4 Å². The van der Waals surface area contributed by atoms with Crippen LogP contribution in [0.3, 0.4) is 0 Å². The van der Waals surface area contributed by atoms with Crippen molar-refractivity contribution in [2.75, 3.05) is 33.3 Å². The average molecular weight is 210 g/mol. The van der Waals surface area contributed by atoms with Gasteiger partial charge in [0.1, 0.15) is 6.61 Å². The van der Waals surface area contributed by atoms with E-state index in [0.717, 1.165) is 38.4 Å². The maximum Gasteiger partial charge on any atom is 0.100 e. The number of allylic oxidation sites excluding steroid dienone is 1. The Morgan fingerprint density at radius 3 is 3.00 bits per heavy atom. The standard InChI is InChI=1S/C12H22N2O/c1-4-11-8-14-9-12(11)7-10(2)15-6-5-13-3/h7,13-14H,4-6,8-9H2,1-3H3/b10-7+. The third-order valence-electron chi connectivity index (χ3n) is 2.59. The molecule has 3 heteroatoms. The zero-order valence-corrected chi connectivity index (χ0v) is 10.0. The molecule has 0 saturated heterocycles. The molecule has 0 amide bonds. The molecule has 1 rings (SSSR count). The Morgan fingerprint density at radius 1 is 1.53 bits per heavy atom. The second-order valence-corrected chi connectivity index (χ2v) is 3.79. The normalized spacial score (nSPS) is 17.4. The van der Waals surface area contributed by atoms with Gasteiger partial charge in [-0.3, -0.25) is 0 Å². The van der Waals surface area contributed by atoms with Crippen LogP contribution in [0.25, 0.3) is 0 Å². The van der Waals surface area contributed by atoms with Crippen LogP contribution in [0.1, 0.15) is 20.3 Å². The minimum atomic E-state index is 0.737. The predicted molar refractivity (Wildman–Crippen MR) is 63.8 cm³/mol. The lowest BCUT2D eigenvalue weighted by Gasteiger charge is -2.06. The van der Waals surface area contributed by atoms with Gasteiger partial charge in [0, 0.05) is 19.6 Å². The van der Waals surface area contributed by atoms with Crippen LogP contribution < -0.4 is 10.6 Å². The topological polar surface area (TPSA) is 33.3 Å². The largest absolute Gasteiger partial charge is 0.497 e. The van der Waals surface area contributed by atoms with E-state index in [-0.39, 0.29) is 0 Å². The molecule has 0 spiro atoms. The Labute approximate surface area is 92.6 Å². The van der Waals surface area contributed by atoms with E-state index in [1.165, 1.54) is 11.1 Å². The molecule has 0 fully saturated rings. The Kier molecular flexibility index (Phi) is 5.43. The molecule has 0 aromatic rings. The second-order valence-electron chi connectivity index (χ2n) is 3.79. The van der Waals surface area contributed by atoms with E-state index < -0.39 is 0 Å². The first-order valence-corrected chi connectivity index (χ1v) is 5.65. The molecule has 0 atom stereocenters. The lowest BCUT2D eigenvalue weighted by Crippen LogP contribution is -2.13. The van der Waals surface area contributed by atoms with Crippen molar-refractivity contribution in [3.63, 3.8) is 0 Å². The molecule has 0 radical (unpaired) electrons. The predicted octanol–water partition coefficient (Wildman–Crippen LogP) is 1.44. The van der Waals surface area contributed by atoms with E-state index in [4.69, 9.17) is 4.74 Å². The van der Waals surface area contributed by atoms with Crippen LogP contribution in [0.2, 0.25) is 0 Å². The van der Waals surface area contributed by atoms with Crippen LogP contribution in [0.5, 0.6) is 0 Å². The molecule has 86 valence electrons. The van der Waals surface area contributed by atoms with Gasteiger partial charge in [-0.15, -0.1) is 0 Å². The molecule has 1 heterocycles. The average Bonchev–Trinajstić information content (AvgIpc) is 2.65. The molecule has 3 nitrogen and oxygen atoms in total. The van der Waals surface area contributed by atoms with Crippen molar-refractivity contribution in [2.24, 2.45) is 0 Å². The van der Waals surface area contributed by atoms with E-state index in [1.54, 1.807) is 0 Å². The SMILES string of the molecule is CCC1=C(/C=C(\C)OCCNC)CNC1. The Morgan fingerprint density at radius 2 is 2.33 bits per heavy atom. The van der Waals surface area contributed by atoms with Crippen molar-refractivity contribution in [2.45, 2.75) is 20.3 Å². The molecule has 1 aliphatic heterocycles. The number of likely N-dealkylation sites (N-methyl/N-ethyl adjacent to an activating group) is 1. The quantitative estimate of drug-likeness (QED) is 0.514. The minimum Gasteiger partial charge on any atom is -0.497 e. The molecule has 0 unspecified atom stereocenters. The van der Waals surface area contributed by atoms with Crippen LogP contribution in [0.15, 0.2) is 23.0 Å². The van der Waals surface area contributed by atoms with Crippen molar-refractivity contribution in [1.29, 1.82) is 0 Å². The summed E-state index contributed by atoms with van der Waals surface area (Å²) >= 11 is 0. The van der Waals surface area contributed by atoms with Gasteiger partial charge in [0.15, 0.2) is 0 Å². The minimum absolute atomic E-state index is 0.737. The third-order valence-corrected chi connectivity index (χ3v) is 2.59. The first-order valence-electron chi connectivity index (χ1n) is 5.65. The first-order chi connectivity index (χ1) is 7.27. The number of hydrogen-bond acceptors (Lipinski definition) is 3. The first kappa shape index (κ1) is 12.3. The van der Waals surface area contributed by atoms with E-state index in [0.29, 0.717) is 0 Å². The molecule has 15 heavy (non-hydrogen) atoms. The van der Waals surface area contributed by atoms with Crippen molar-refractivity contribution in [3.8, 4) is 0 Å². The molecule has 0 aliphatic carbocycles. The highest BCUT2D eigenvalue weighted by Crippen LogP contribution is 2.16. The van der Waals surface area contributed by atoms with E-state index in [9.17, 15) is 0 Å². The number of ether oxygens (including phenoxy) is 1. The number of nitrogens with one attached hydrogen (secondary N) is 2. The second kappa shape index (κ2) is 6.64. The lowest BCUT2D eigenvalue weighted by molar-refractivity contribution is 0.216. The van der Waals surface area contributed by atoms with Crippen molar-refractivity contribution in [3.05, 3.63) is 23.0 Å². The summed E-state index contributed by atoms with van der Waals surface area (Å²) in [5.74, 6) is 1.01. The van der Waals surface area contributed by atoms with Gasteiger partial charge in [0.05, 0.1) is 5.76 Å². The number of hydrogen-bond donors (Lipinski definition) is 2. The fourth-order valence-electron chi connectivity index (χ4n) is 1.69. The van der Waals surface area contributed by atoms with Gasteiger partial charge in [-0.1, -0.05) is 12.5 Å². The highest BCUT2D eigenvalue weighted by atomic mass is 16.5. The smallest absolute Gasteiger partial charge is 0.100 e. The van der Waals surface area contributed by atoms with Gasteiger partial charge in [-0.2, -0.15) is 0 Å². The van der Waals surface area contributed by atoms with E-state index in [2.05, 4.69) is 23.6 Å². The molecule has 2 N–H and O–H groups in total. The van der Waals surface area contributed by atoms with Crippen LogP contribution in [0.4, 0.5) is 0 Å². The lowest BCUT2D eigenvalue weighted by atomic mass is 10.1. The fraction of sp³-hybridized carbons (Fsp3) is 0.667. The third kappa shape index (κ3) is 4.06. The monoisotopic (exact) mass is 210 g/mol. The van der Waals surface area contributed by atoms with Crippen LogP contribution in [-0.4, -0.2) is 33.3 Å². The van der Waals surface area contributed by atoms with Crippen molar-refractivity contribution >= 4 is 0 Å². The zero-order chi connectivity index (χ0) is 11.1. The van der Waals surface area contributed by atoms with Gasteiger partial charge in [0.25, 0.3) is 0 Å². The molecular weight excluding hydrogens is 188 g/mol. The molecular formula is C12H22N2O. The molecule has 1 aliphatic rings. The van der Waals surface area contributed by atoms with Crippen LogP contribution in [0, 0.1) is 0 Å². The number of rotatable bonds is 6. The fourth-order valence-corrected chi connectivity index (χ4v) is 1.69. The van der Waals surface area contributed by atoms with E-state index >= 15 is 0 Å². The van der Waals surface area contributed by atoms with Crippen LogP contribution in [-0.2, 0) is 4.74 Å². The Hall–Kier alpha value is -0.800. The summed E-state index contributed by atoms with van der Waals surface area (Å²) in [6, 6.07) is 0. The summed E-state index contributed by atoms with van der Waals surface area (Å²) in [7, 11) is 1.93. The summed E-state index contributed by atoms with van der Waals surface area (Å²) in [5, 5.41) is 6.42. The molecule has 0 aromatic carbocycles. The van der Waals surface area contributed by atoms with Crippen molar-refractivity contribution in [1.82, 2.24) is 10.6 Å². The summed E-state index contributed by atoms with van der Waals surface area (Å²) in [5.41, 5.74) is 2.91. The van der Waals surface area contributed by atoms with Crippen LogP contribution >= 0.6 is 0 Å². The highest BCUT2D eigenvalue weighted by molar-refractivity contribution is 5.32. The Bertz CT molecular complexity index is 256. The van der Waals surface area contributed by atoms with Gasteiger partial charge in [-0.25, -0.2) is 0 Å². The summed E-state index contributed by atoms with van der Waals surface area (Å²) in [6.45, 7) is 7.87. The van der Waals surface area contributed by atoms with Crippen molar-refractivity contribution < 1.29 is 4.74 Å². The van der Waals surface area contributed by atoms with Gasteiger partial charge >= 0.3 is 0 Å². The highest BCUT2D eigenvalue weighted by Gasteiger charge is 2.10. The summed E-state index contributed by atoms with van der Waals surface area (Å²) in [4.78, 5) is 0. The Balaban J connectivity index is 2.46.